The third kappa shape index (κ3) is 4.32. The fourth-order valence-corrected chi connectivity index (χ4v) is 4.41. The van der Waals surface area contributed by atoms with Crippen molar-refractivity contribution in [1.29, 1.82) is 0 Å². The highest BCUT2D eigenvalue weighted by atomic mass is 35.5. The van der Waals surface area contributed by atoms with Gasteiger partial charge < -0.3 is 14.3 Å². The predicted octanol–water partition coefficient (Wildman–Crippen LogP) is 4.95. The number of nitrogens with zero attached hydrogens (tertiary/aromatic N) is 1. The molecule has 0 atom stereocenters. The second kappa shape index (κ2) is 8.22. The maximum absolute atomic E-state index is 12.7. The van der Waals surface area contributed by atoms with Crippen LogP contribution in [-0.2, 0) is 15.6 Å². The largest absolute Gasteiger partial charge is 0.455 e. The monoisotopic (exact) mass is 440 g/mol. The van der Waals surface area contributed by atoms with Crippen molar-refractivity contribution in [3.05, 3.63) is 102 Å². The maximum Gasteiger partial charge on any atom is 0.291 e. The SMILES string of the molecule is O=C(Nc1ccc(Cl)cc1-n1cccc1)c1ccc(CS(=O)(=O)c2ccccc2)o1. The molecular formula is C22H17ClN2O4S. The van der Waals surface area contributed by atoms with E-state index in [1.54, 1.807) is 36.4 Å². The van der Waals surface area contributed by atoms with Crippen LogP contribution in [0.1, 0.15) is 16.3 Å². The van der Waals surface area contributed by atoms with E-state index in [9.17, 15) is 13.2 Å². The van der Waals surface area contributed by atoms with Gasteiger partial charge in [0.1, 0.15) is 11.5 Å². The summed E-state index contributed by atoms with van der Waals surface area (Å²) in [5, 5.41) is 3.32. The lowest BCUT2D eigenvalue weighted by molar-refractivity contribution is 0.0995. The highest BCUT2D eigenvalue weighted by molar-refractivity contribution is 7.90. The summed E-state index contributed by atoms with van der Waals surface area (Å²) >= 11 is 6.10. The fraction of sp³-hybridized carbons (Fsp3) is 0.0455. The number of benzene rings is 2. The van der Waals surface area contributed by atoms with Gasteiger partial charge in [0.15, 0.2) is 15.6 Å². The molecule has 4 rings (SSSR count). The minimum absolute atomic E-state index is 0.0154. The number of carbonyl (C=O) groups excluding carboxylic acids is 1. The second-order valence-electron chi connectivity index (χ2n) is 6.54. The molecule has 0 bridgehead atoms. The molecule has 6 nitrogen and oxygen atoms in total. The highest BCUT2D eigenvalue weighted by Crippen LogP contribution is 2.26. The summed E-state index contributed by atoms with van der Waals surface area (Å²) in [7, 11) is -3.57. The zero-order chi connectivity index (χ0) is 21.1. The van der Waals surface area contributed by atoms with E-state index in [0.29, 0.717) is 16.4 Å². The van der Waals surface area contributed by atoms with Crippen molar-refractivity contribution in [3.8, 4) is 5.69 Å². The molecular weight excluding hydrogens is 424 g/mol. The molecule has 2 heterocycles. The van der Waals surface area contributed by atoms with Crippen molar-refractivity contribution in [2.24, 2.45) is 0 Å². The third-order valence-corrected chi connectivity index (χ3v) is 6.30. The van der Waals surface area contributed by atoms with Gasteiger partial charge in [0, 0.05) is 17.4 Å². The maximum atomic E-state index is 12.7. The first-order valence-electron chi connectivity index (χ1n) is 9.03. The Balaban J connectivity index is 1.53. The smallest absolute Gasteiger partial charge is 0.291 e. The highest BCUT2D eigenvalue weighted by Gasteiger charge is 2.20. The molecule has 2 aromatic heterocycles. The average molecular weight is 441 g/mol. The number of hydrogen-bond donors (Lipinski definition) is 1. The molecule has 4 aromatic rings. The molecule has 0 saturated heterocycles. The topological polar surface area (TPSA) is 81.3 Å². The van der Waals surface area contributed by atoms with Crippen LogP contribution >= 0.6 is 11.6 Å². The van der Waals surface area contributed by atoms with Crippen molar-refractivity contribution in [2.75, 3.05) is 5.32 Å². The average Bonchev–Trinajstić information content (AvgIpc) is 3.42. The van der Waals surface area contributed by atoms with Crippen LogP contribution in [0.3, 0.4) is 0 Å². The molecule has 0 aliphatic heterocycles. The summed E-state index contributed by atoms with van der Waals surface area (Å²) in [4.78, 5) is 12.9. The van der Waals surface area contributed by atoms with Gasteiger partial charge in [-0.2, -0.15) is 0 Å². The number of nitrogens with one attached hydrogen (secondary N) is 1. The van der Waals surface area contributed by atoms with Gasteiger partial charge in [-0.1, -0.05) is 29.8 Å². The first kappa shape index (κ1) is 20.0. The molecule has 1 N–H and O–H groups in total. The number of halogens is 1. The van der Waals surface area contributed by atoms with Crippen LogP contribution in [0.25, 0.3) is 5.69 Å². The Morgan fingerprint density at radius 2 is 1.70 bits per heavy atom. The lowest BCUT2D eigenvalue weighted by Crippen LogP contribution is -2.13. The van der Waals surface area contributed by atoms with E-state index in [-0.39, 0.29) is 22.2 Å². The molecule has 0 spiro atoms. The number of hydrogen-bond acceptors (Lipinski definition) is 4. The zero-order valence-corrected chi connectivity index (χ0v) is 17.2. The van der Waals surface area contributed by atoms with E-state index in [2.05, 4.69) is 5.32 Å². The number of rotatable bonds is 6. The zero-order valence-electron chi connectivity index (χ0n) is 15.7. The summed E-state index contributed by atoms with van der Waals surface area (Å²) in [6.07, 6.45) is 3.67. The summed E-state index contributed by atoms with van der Waals surface area (Å²) < 4.78 is 32.3. The van der Waals surface area contributed by atoms with Crippen molar-refractivity contribution in [1.82, 2.24) is 4.57 Å². The number of furan rings is 1. The van der Waals surface area contributed by atoms with Crippen LogP contribution < -0.4 is 5.32 Å². The number of sulfone groups is 1. The lowest BCUT2D eigenvalue weighted by atomic mass is 10.2. The quantitative estimate of drug-likeness (QED) is 0.460. The summed E-state index contributed by atoms with van der Waals surface area (Å²) in [6.45, 7) is 0. The number of amides is 1. The number of carbonyl (C=O) groups is 1. The molecule has 8 heteroatoms. The van der Waals surface area contributed by atoms with Crippen LogP contribution in [0, 0.1) is 0 Å². The van der Waals surface area contributed by atoms with Gasteiger partial charge in [0.2, 0.25) is 0 Å². The van der Waals surface area contributed by atoms with E-state index < -0.39 is 15.7 Å². The van der Waals surface area contributed by atoms with Gasteiger partial charge in [0.25, 0.3) is 5.91 Å². The Morgan fingerprint density at radius 3 is 2.43 bits per heavy atom. The minimum Gasteiger partial charge on any atom is -0.455 e. The Bertz CT molecular complexity index is 1280. The summed E-state index contributed by atoms with van der Waals surface area (Å²) in [5.41, 5.74) is 1.23. The van der Waals surface area contributed by atoms with Gasteiger partial charge in [-0.15, -0.1) is 0 Å². The van der Waals surface area contributed by atoms with Crippen LogP contribution in [0.2, 0.25) is 5.02 Å². The molecule has 152 valence electrons. The van der Waals surface area contributed by atoms with Crippen molar-refractivity contribution in [3.63, 3.8) is 0 Å². The van der Waals surface area contributed by atoms with E-state index >= 15 is 0 Å². The van der Waals surface area contributed by atoms with Gasteiger partial charge in [-0.25, -0.2) is 8.42 Å². The molecule has 0 aliphatic carbocycles. The fourth-order valence-electron chi connectivity index (χ4n) is 2.98. The molecule has 0 fully saturated rings. The Morgan fingerprint density at radius 1 is 0.967 bits per heavy atom. The van der Waals surface area contributed by atoms with E-state index in [4.69, 9.17) is 16.0 Å². The minimum atomic E-state index is -3.57. The predicted molar refractivity (Wildman–Crippen MR) is 115 cm³/mol. The van der Waals surface area contributed by atoms with E-state index in [1.807, 2.05) is 29.1 Å². The molecule has 30 heavy (non-hydrogen) atoms. The Kier molecular flexibility index (Phi) is 5.48. The summed E-state index contributed by atoms with van der Waals surface area (Å²) in [5.74, 6) is -0.624. The molecule has 0 saturated carbocycles. The summed E-state index contributed by atoms with van der Waals surface area (Å²) in [6, 6.07) is 19.9. The number of anilines is 1. The van der Waals surface area contributed by atoms with Gasteiger partial charge in [-0.05, 0) is 54.6 Å². The van der Waals surface area contributed by atoms with E-state index in [1.165, 1.54) is 24.3 Å². The first-order chi connectivity index (χ1) is 14.4. The molecule has 0 unspecified atom stereocenters. The Labute approximate surface area is 178 Å². The second-order valence-corrected chi connectivity index (χ2v) is 8.97. The molecule has 2 aromatic carbocycles. The molecule has 0 radical (unpaired) electrons. The van der Waals surface area contributed by atoms with Crippen LogP contribution in [0.15, 0.2) is 94.5 Å². The van der Waals surface area contributed by atoms with Crippen molar-refractivity contribution < 1.29 is 17.6 Å². The number of aromatic nitrogens is 1. The van der Waals surface area contributed by atoms with Crippen LogP contribution in [-0.4, -0.2) is 18.9 Å². The lowest BCUT2D eigenvalue weighted by Gasteiger charge is -2.12. The van der Waals surface area contributed by atoms with Gasteiger partial charge in [-0.3, -0.25) is 4.79 Å². The standard InChI is InChI=1S/C22H17ClN2O4S/c23-16-8-10-19(20(14-16)25-12-4-5-13-25)24-22(26)21-11-9-17(29-21)15-30(27,28)18-6-2-1-3-7-18/h1-14H,15H2,(H,24,26). The van der Waals surface area contributed by atoms with E-state index in [0.717, 1.165) is 0 Å². The molecule has 1 amide bonds. The van der Waals surface area contributed by atoms with Crippen LogP contribution in [0.5, 0.6) is 0 Å². The van der Waals surface area contributed by atoms with Gasteiger partial charge >= 0.3 is 0 Å². The third-order valence-electron chi connectivity index (χ3n) is 4.41. The Hall–Kier alpha value is -3.29. The van der Waals surface area contributed by atoms with Crippen molar-refractivity contribution in [2.45, 2.75) is 10.6 Å². The van der Waals surface area contributed by atoms with Gasteiger partial charge in [0.05, 0.1) is 16.3 Å². The first-order valence-corrected chi connectivity index (χ1v) is 11.1. The van der Waals surface area contributed by atoms with Crippen molar-refractivity contribution >= 4 is 33.0 Å². The van der Waals surface area contributed by atoms with Crippen LogP contribution in [0.4, 0.5) is 5.69 Å². The normalized spacial score (nSPS) is 11.4. The molecule has 0 aliphatic rings.